The van der Waals surface area contributed by atoms with Crippen molar-refractivity contribution in [1.82, 2.24) is 10.1 Å². The van der Waals surface area contributed by atoms with Crippen molar-refractivity contribution >= 4 is 23.2 Å². The largest absolute Gasteiger partial charge is 0.373 e. The summed E-state index contributed by atoms with van der Waals surface area (Å²) < 4.78 is 24.6. The molecule has 1 spiro atoms. The molecule has 6 nitrogen and oxygen atoms in total. The fraction of sp³-hybridized carbons (Fsp3) is 0.652. The van der Waals surface area contributed by atoms with Crippen LogP contribution in [0.3, 0.4) is 0 Å². The molecule has 31 heavy (non-hydrogen) atoms. The molecule has 4 aliphatic rings. The molecule has 2 aromatic rings. The molecular weight excluding hydrogens is 439 g/mol. The molecule has 3 heterocycles. The molecule has 0 radical (unpaired) electrons. The van der Waals surface area contributed by atoms with E-state index in [-0.39, 0.29) is 11.9 Å². The molecule has 2 bridgehead atoms. The van der Waals surface area contributed by atoms with Crippen molar-refractivity contribution in [2.75, 3.05) is 13.2 Å². The van der Waals surface area contributed by atoms with Crippen LogP contribution >= 0.6 is 23.2 Å². The lowest BCUT2D eigenvalue weighted by Crippen LogP contribution is -2.48. The first kappa shape index (κ1) is 20.4. The monoisotopic (exact) mass is 464 g/mol. The number of pyridine rings is 1. The molecule has 4 atom stereocenters. The average molecular weight is 465 g/mol. The highest BCUT2D eigenvalue weighted by molar-refractivity contribution is 6.38. The van der Waals surface area contributed by atoms with Gasteiger partial charge in [0.15, 0.2) is 5.79 Å². The molecule has 6 rings (SSSR count). The molecule has 3 saturated carbocycles. The highest BCUT2D eigenvalue weighted by atomic mass is 35.5. The first-order valence-corrected chi connectivity index (χ1v) is 12.0. The van der Waals surface area contributed by atoms with Gasteiger partial charge in [0, 0.05) is 41.3 Å². The fourth-order valence-electron chi connectivity index (χ4n) is 6.02. The van der Waals surface area contributed by atoms with Gasteiger partial charge in [0.25, 0.3) is 0 Å². The molecule has 166 valence electrons. The van der Waals surface area contributed by atoms with Gasteiger partial charge in [0.2, 0.25) is 0 Å². The number of ether oxygens (including phenoxy) is 3. The van der Waals surface area contributed by atoms with Crippen LogP contribution in [0.15, 0.2) is 16.9 Å². The van der Waals surface area contributed by atoms with Crippen LogP contribution in [0.4, 0.5) is 0 Å². The van der Waals surface area contributed by atoms with Crippen molar-refractivity contribution in [3.05, 3.63) is 33.8 Å². The molecule has 0 unspecified atom stereocenters. The maximum atomic E-state index is 6.51. The van der Waals surface area contributed by atoms with Crippen molar-refractivity contribution in [1.29, 1.82) is 0 Å². The van der Waals surface area contributed by atoms with E-state index in [2.05, 4.69) is 17.1 Å². The van der Waals surface area contributed by atoms with E-state index in [1.165, 1.54) is 0 Å². The predicted molar refractivity (Wildman–Crippen MR) is 115 cm³/mol. The molecule has 0 N–H and O–H groups in total. The van der Waals surface area contributed by atoms with Gasteiger partial charge in [-0.2, -0.15) is 0 Å². The zero-order valence-corrected chi connectivity index (χ0v) is 19.0. The van der Waals surface area contributed by atoms with Crippen molar-refractivity contribution < 1.29 is 18.7 Å². The van der Waals surface area contributed by atoms with Gasteiger partial charge in [-0.25, -0.2) is 0 Å². The van der Waals surface area contributed by atoms with Gasteiger partial charge in [0.1, 0.15) is 11.5 Å². The van der Waals surface area contributed by atoms with Crippen molar-refractivity contribution in [2.45, 2.75) is 63.4 Å². The third-order valence-corrected chi connectivity index (χ3v) is 8.13. The van der Waals surface area contributed by atoms with Gasteiger partial charge in [-0.15, -0.1) is 0 Å². The highest BCUT2D eigenvalue weighted by Crippen LogP contribution is 2.57. The minimum atomic E-state index is -0.376. The van der Waals surface area contributed by atoms with Gasteiger partial charge in [0.05, 0.1) is 36.0 Å². The van der Waals surface area contributed by atoms with Crippen LogP contribution in [0.2, 0.25) is 10.0 Å². The Morgan fingerprint density at radius 3 is 2.52 bits per heavy atom. The molecule has 1 aliphatic heterocycles. The summed E-state index contributed by atoms with van der Waals surface area (Å²) in [6.45, 7) is 4.16. The van der Waals surface area contributed by atoms with Crippen LogP contribution in [0.5, 0.6) is 0 Å². The summed E-state index contributed by atoms with van der Waals surface area (Å²) in [7, 11) is 0. The lowest BCUT2D eigenvalue weighted by molar-refractivity contribution is -0.241. The number of aromatic nitrogens is 2. The van der Waals surface area contributed by atoms with Crippen LogP contribution in [0.25, 0.3) is 11.3 Å². The normalized spacial score (nSPS) is 31.6. The maximum absolute atomic E-state index is 6.51. The van der Waals surface area contributed by atoms with E-state index in [0.717, 1.165) is 43.4 Å². The van der Waals surface area contributed by atoms with Crippen LogP contribution < -0.4 is 0 Å². The van der Waals surface area contributed by atoms with E-state index < -0.39 is 0 Å². The second-order valence-corrected chi connectivity index (χ2v) is 10.3. The zero-order valence-electron chi connectivity index (χ0n) is 17.5. The van der Waals surface area contributed by atoms with E-state index in [1.807, 2.05) is 0 Å². The minimum Gasteiger partial charge on any atom is -0.373 e. The van der Waals surface area contributed by atoms with Gasteiger partial charge in [-0.1, -0.05) is 35.3 Å². The zero-order chi connectivity index (χ0) is 21.2. The Labute approximate surface area is 191 Å². The van der Waals surface area contributed by atoms with Crippen molar-refractivity contribution in [3.8, 4) is 11.3 Å². The number of halogens is 2. The van der Waals surface area contributed by atoms with Crippen molar-refractivity contribution in [2.24, 2.45) is 17.8 Å². The highest BCUT2D eigenvalue weighted by Gasteiger charge is 2.61. The maximum Gasteiger partial charge on any atom is 0.174 e. The Morgan fingerprint density at radius 1 is 1.10 bits per heavy atom. The van der Waals surface area contributed by atoms with E-state index in [0.29, 0.717) is 64.8 Å². The van der Waals surface area contributed by atoms with Crippen molar-refractivity contribution in [3.63, 3.8) is 0 Å². The summed E-state index contributed by atoms with van der Waals surface area (Å²) in [5.74, 6) is 2.30. The molecule has 3 aliphatic carbocycles. The van der Waals surface area contributed by atoms with Crippen LogP contribution in [0, 0.1) is 17.8 Å². The molecule has 4 fully saturated rings. The Kier molecular flexibility index (Phi) is 5.07. The first-order valence-electron chi connectivity index (χ1n) is 11.2. The standard InChI is InChI=1S/C23H26Cl2N2O4/c1-12-6-14-7-15(8-17(12)23(14)29-4-5-30-23)28-11-16-21(27-31-22(16)13-2-3-13)20-18(24)9-26-10-19(20)25/h9-10,12-15,17H,2-8,11H2,1H3/t12-,14+,15+,17+/m0/s1. The van der Waals surface area contributed by atoms with Gasteiger partial charge >= 0.3 is 0 Å². The van der Waals surface area contributed by atoms with Gasteiger partial charge in [-0.05, 0) is 38.0 Å². The Hall–Kier alpha value is -1.18. The SMILES string of the molecule is C[C@H]1C[C@@H]2C[C@@H](OCc3c(-c4c(Cl)cncc4Cl)noc3C3CC3)C[C@H]1C21OCCO1. The molecule has 1 saturated heterocycles. The Bertz CT molecular complexity index is 966. The van der Waals surface area contributed by atoms with Gasteiger partial charge < -0.3 is 18.7 Å². The molecule has 0 amide bonds. The topological polar surface area (TPSA) is 66.6 Å². The quantitative estimate of drug-likeness (QED) is 0.572. The second-order valence-electron chi connectivity index (χ2n) is 9.47. The lowest BCUT2D eigenvalue weighted by Gasteiger charge is -2.42. The summed E-state index contributed by atoms with van der Waals surface area (Å²) in [5, 5.41) is 5.28. The van der Waals surface area contributed by atoms with E-state index in [1.54, 1.807) is 12.4 Å². The predicted octanol–water partition coefficient (Wildman–Crippen LogP) is 5.62. The Morgan fingerprint density at radius 2 is 1.84 bits per heavy atom. The molecule has 2 aromatic heterocycles. The number of nitrogens with zero attached hydrogens (tertiary/aromatic N) is 2. The van der Waals surface area contributed by atoms with Crippen LogP contribution in [-0.4, -0.2) is 35.2 Å². The van der Waals surface area contributed by atoms with Gasteiger partial charge in [-0.3, -0.25) is 4.98 Å². The summed E-state index contributed by atoms with van der Waals surface area (Å²) in [6, 6.07) is 0. The summed E-state index contributed by atoms with van der Waals surface area (Å²) >= 11 is 12.8. The molecular formula is C23H26Cl2N2O4. The smallest absolute Gasteiger partial charge is 0.174 e. The number of rotatable bonds is 5. The summed E-state index contributed by atoms with van der Waals surface area (Å²) in [4.78, 5) is 4.06. The second kappa shape index (κ2) is 7.70. The third-order valence-electron chi connectivity index (χ3n) is 7.55. The lowest BCUT2D eigenvalue weighted by atomic mass is 9.79. The summed E-state index contributed by atoms with van der Waals surface area (Å²) in [5.41, 5.74) is 2.30. The van der Waals surface area contributed by atoms with E-state index >= 15 is 0 Å². The average Bonchev–Trinajstić information content (AvgIpc) is 3.30. The number of hydrogen-bond acceptors (Lipinski definition) is 6. The minimum absolute atomic E-state index is 0.163. The van der Waals surface area contributed by atoms with Crippen LogP contribution in [0.1, 0.15) is 56.3 Å². The summed E-state index contributed by atoms with van der Waals surface area (Å²) in [6.07, 6.45) is 8.60. The van der Waals surface area contributed by atoms with E-state index in [4.69, 9.17) is 41.9 Å². The van der Waals surface area contributed by atoms with Crippen LogP contribution in [-0.2, 0) is 20.8 Å². The number of hydrogen-bond donors (Lipinski definition) is 0. The fourth-order valence-corrected chi connectivity index (χ4v) is 6.57. The third kappa shape index (κ3) is 3.34. The Balaban J connectivity index is 1.25. The molecule has 0 aromatic carbocycles. The van der Waals surface area contributed by atoms with E-state index in [9.17, 15) is 0 Å². The first-order chi connectivity index (χ1) is 15.1. The molecule has 8 heteroatoms.